The summed E-state index contributed by atoms with van der Waals surface area (Å²) in [6.07, 6.45) is 3.71. The van der Waals surface area contributed by atoms with E-state index in [4.69, 9.17) is 9.47 Å². The summed E-state index contributed by atoms with van der Waals surface area (Å²) in [5.74, 6) is 0.816. The minimum absolute atomic E-state index is 0.0998. The van der Waals surface area contributed by atoms with E-state index in [1.54, 1.807) is 6.20 Å². The highest BCUT2D eigenvalue weighted by Crippen LogP contribution is 2.42. The molecule has 0 bridgehead atoms. The van der Waals surface area contributed by atoms with E-state index in [0.29, 0.717) is 30.7 Å². The molecular formula is C16H24N2O3. The Kier molecular flexibility index (Phi) is 4.83. The van der Waals surface area contributed by atoms with E-state index in [0.717, 1.165) is 18.4 Å². The van der Waals surface area contributed by atoms with Gasteiger partial charge in [0.05, 0.1) is 18.5 Å². The van der Waals surface area contributed by atoms with Crippen molar-refractivity contribution in [2.24, 2.45) is 5.92 Å². The largest absolute Gasteiger partial charge is 0.478 e. The quantitative estimate of drug-likeness (QED) is 0.839. The molecule has 0 aromatic carbocycles. The van der Waals surface area contributed by atoms with E-state index in [9.17, 15) is 4.79 Å². The van der Waals surface area contributed by atoms with Crippen LogP contribution in [0.4, 0.5) is 5.69 Å². The van der Waals surface area contributed by atoms with Crippen molar-refractivity contribution < 1.29 is 14.3 Å². The highest BCUT2D eigenvalue weighted by molar-refractivity contribution is 5.97. The number of aromatic nitrogens is 1. The van der Waals surface area contributed by atoms with Crippen LogP contribution < -0.4 is 10.1 Å². The van der Waals surface area contributed by atoms with Crippen LogP contribution in [-0.2, 0) is 9.53 Å². The average Bonchev–Trinajstić information content (AvgIpc) is 3.27. The Morgan fingerprint density at radius 3 is 2.67 bits per heavy atom. The Morgan fingerprint density at radius 1 is 1.43 bits per heavy atom. The van der Waals surface area contributed by atoms with Crippen molar-refractivity contribution in [3.63, 3.8) is 0 Å². The number of nitrogens with zero attached hydrogens (tertiary/aromatic N) is 1. The number of nitrogens with one attached hydrogen (secondary N) is 1. The summed E-state index contributed by atoms with van der Waals surface area (Å²) in [7, 11) is 0. The van der Waals surface area contributed by atoms with Gasteiger partial charge >= 0.3 is 0 Å². The lowest BCUT2D eigenvalue weighted by Crippen LogP contribution is -2.44. The fourth-order valence-corrected chi connectivity index (χ4v) is 2.48. The number of aryl methyl sites for hydroxylation is 1. The SMILES string of the molecule is CCOc1ncc(NC(=O)[C@](C)(OCC)C2CC2)cc1C. The standard InChI is InChI=1S/C16H24N2O3/c1-5-20-14-11(3)9-13(10-17-14)18-15(19)16(4,21-6-2)12-7-8-12/h9-10,12H,5-8H2,1-4H3,(H,18,19)/t16-/m1/s1. The molecule has 116 valence electrons. The summed E-state index contributed by atoms with van der Waals surface area (Å²) in [5, 5.41) is 2.92. The first-order chi connectivity index (χ1) is 10.0. The fourth-order valence-electron chi connectivity index (χ4n) is 2.48. The Balaban J connectivity index is 2.09. The van der Waals surface area contributed by atoms with Crippen molar-refractivity contribution in [2.45, 2.75) is 46.1 Å². The van der Waals surface area contributed by atoms with Gasteiger partial charge in [0.1, 0.15) is 5.60 Å². The van der Waals surface area contributed by atoms with E-state index in [1.165, 1.54) is 0 Å². The summed E-state index contributed by atoms with van der Waals surface area (Å²) in [4.78, 5) is 16.8. The van der Waals surface area contributed by atoms with Gasteiger partial charge in [0.25, 0.3) is 5.91 Å². The second-order valence-corrected chi connectivity index (χ2v) is 5.55. The molecule has 0 spiro atoms. The second-order valence-electron chi connectivity index (χ2n) is 5.55. The molecule has 1 fully saturated rings. The third-order valence-corrected chi connectivity index (χ3v) is 3.82. The lowest BCUT2D eigenvalue weighted by molar-refractivity contribution is -0.141. The molecule has 1 amide bonds. The zero-order valence-corrected chi connectivity index (χ0v) is 13.2. The highest BCUT2D eigenvalue weighted by Gasteiger charge is 2.48. The molecule has 1 aromatic rings. The number of ether oxygens (including phenoxy) is 2. The zero-order valence-electron chi connectivity index (χ0n) is 13.2. The van der Waals surface area contributed by atoms with Gasteiger partial charge in [0.15, 0.2) is 0 Å². The maximum absolute atomic E-state index is 12.5. The first kappa shape index (κ1) is 15.8. The second kappa shape index (κ2) is 6.43. The van der Waals surface area contributed by atoms with Gasteiger partial charge in [-0.2, -0.15) is 0 Å². The van der Waals surface area contributed by atoms with E-state index < -0.39 is 5.60 Å². The lowest BCUT2D eigenvalue weighted by atomic mass is 9.99. The number of amides is 1. The first-order valence-corrected chi connectivity index (χ1v) is 7.56. The van der Waals surface area contributed by atoms with Gasteiger partial charge in [-0.15, -0.1) is 0 Å². The summed E-state index contributed by atoms with van der Waals surface area (Å²) in [5.41, 5.74) is 0.827. The van der Waals surface area contributed by atoms with Crippen molar-refractivity contribution in [3.05, 3.63) is 17.8 Å². The number of carbonyl (C=O) groups excluding carboxylic acids is 1. The molecule has 1 saturated carbocycles. The molecule has 1 atom stereocenters. The molecule has 1 aliphatic carbocycles. The van der Waals surface area contributed by atoms with Gasteiger partial charge < -0.3 is 14.8 Å². The molecule has 21 heavy (non-hydrogen) atoms. The summed E-state index contributed by atoms with van der Waals surface area (Å²) >= 11 is 0. The zero-order chi connectivity index (χ0) is 15.5. The van der Waals surface area contributed by atoms with Crippen molar-refractivity contribution in [3.8, 4) is 5.88 Å². The lowest BCUT2D eigenvalue weighted by Gasteiger charge is -2.28. The Hall–Kier alpha value is -1.62. The molecule has 0 unspecified atom stereocenters. The fraction of sp³-hybridized carbons (Fsp3) is 0.625. The van der Waals surface area contributed by atoms with Crippen molar-refractivity contribution >= 4 is 11.6 Å². The van der Waals surface area contributed by atoms with Gasteiger partial charge in [-0.05, 0) is 52.5 Å². The van der Waals surface area contributed by atoms with Crippen LogP contribution in [0.5, 0.6) is 5.88 Å². The van der Waals surface area contributed by atoms with Crippen LogP contribution in [0.15, 0.2) is 12.3 Å². The minimum atomic E-state index is -0.749. The molecule has 0 radical (unpaired) electrons. The van der Waals surface area contributed by atoms with Crippen LogP contribution in [0.2, 0.25) is 0 Å². The van der Waals surface area contributed by atoms with Gasteiger partial charge in [-0.3, -0.25) is 4.79 Å². The third kappa shape index (κ3) is 3.53. The van der Waals surface area contributed by atoms with Crippen LogP contribution in [0.1, 0.15) is 39.2 Å². The van der Waals surface area contributed by atoms with Gasteiger partial charge in [0.2, 0.25) is 5.88 Å². The summed E-state index contributed by atoms with van der Waals surface area (Å²) in [6.45, 7) is 8.72. The number of hydrogen-bond acceptors (Lipinski definition) is 4. The summed E-state index contributed by atoms with van der Waals surface area (Å²) < 4.78 is 11.1. The van der Waals surface area contributed by atoms with Gasteiger partial charge in [-0.25, -0.2) is 4.98 Å². The molecule has 1 heterocycles. The maximum atomic E-state index is 12.5. The number of rotatable bonds is 7. The van der Waals surface area contributed by atoms with E-state index >= 15 is 0 Å². The van der Waals surface area contributed by atoms with E-state index in [2.05, 4.69) is 10.3 Å². The topological polar surface area (TPSA) is 60.5 Å². The number of pyridine rings is 1. The molecule has 0 aliphatic heterocycles. The molecule has 2 rings (SSSR count). The Labute approximate surface area is 126 Å². The van der Waals surface area contributed by atoms with Crippen LogP contribution >= 0.6 is 0 Å². The van der Waals surface area contributed by atoms with E-state index in [-0.39, 0.29) is 5.91 Å². The van der Waals surface area contributed by atoms with Gasteiger partial charge in [-0.1, -0.05) is 0 Å². The molecule has 5 heteroatoms. The van der Waals surface area contributed by atoms with Gasteiger partial charge in [0, 0.05) is 12.2 Å². The molecule has 5 nitrogen and oxygen atoms in total. The molecule has 0 saturated heterocycles. The first-order valence-electron chi connectivity index (χ1n) is 7.56. The third-order valence-electron chi connectivity index (χ3n) is 3.82. The predicted molar refractivity (Wildman–Crippen MR) is 81.5 cm³/mol. The van der Waals surface area contributed by atoms with Crippen molar-refractivity contribution in [2.75, 3.05) is 18.5 Å². The van der Waals surface area contributed by atoms with Crippen molar-refractivity contribution in [1.82, 2.24) is 4.98 Å². The monoisotopic (exact) mass is 292 g/mol. The molecule has 1 N–H and O–H groups in total. The van der Waals surface area contributed by atoms with Crippen LogP contribution in [-0.4, -0.2) is 29.7 Å². The maximum Gasteiger partial charge on any atom is 0.256 e. The van der Waals surface area contributed by atoms with Crippen molar-refractivity contribution in [1.29, 1.82) is 0 Å². The minimum Gasteiger partial charge on any atom is -0.478 e. The van der Waals surface area contributed by atoms with Crippen LogP contribution in [0.3, 0.4) is 0 Å². The highest BCUT2D eigenvalue weighted by atomic mass is 16.5. The predicted octanol–water partition coefficient (Wildman–Crippen LogP) is 2.93. The Bertz CT molecular complexity index is 514. The van der Waals surface area contributed by atoms with E-state index in [1.807, 2.05) is 33.8 Å². The average molecular weight is 292 g/mol. The number of anilines is 1. The van der Waals surface area contributed by atoms with Crippen LogP contribution in [0, 0.1) is 12.8 Å². The normalized spacial score (nSPS) is 17.1. The Morgan fingerprint density at radius 2 is 2.14 bits per heavy atom. The summed E-state index contributed by atoms with van der Waals surface area (Å²) in [6, 6.07) is 1.87. The molecule has 1 aromatic heterocycles. The molecule has 1 aliphatic rings. The smallest absolute Gasteiger partial charge is 0.256 e. The van der Waals surface area contributed by atoms with Crippen LogP contribution in [0.25, 0.3) is 0 Å². The molecular weight excluding hydrogens is 268 g/mol. The number of carbonyl (C=O) groups is 1. The number of hydrogen-bond donors (Lipinski definition) is 1.